The fourth-order valence-electron chi connectivity index (χ4n) is 2.44. The van der Waals surface area contributed by atoms with Crippen LogP contribution in [-0.4, -0.2) is 48.4 Å². The second-order valence-corrected chi connectivity index (χ2v) is 6.57. The number of carbonyl (C=O) groups excluding carboxylic acids is 3. The Morgan fingerprint density at radius 3 is 2.48 bits per heavy atom. The van der Waals surface area contributed by atoms with Crippen molar-refractivity contribution in [3.05, 3.63) is 54.0 Å². The van der Waals surface area contributed by atoms with Crippen LogP contribution < -0.4 is 10.1 Å². The van der Waals surface area contributed by atoms with Crippen LogP contribution in [0.4, 0.5) is 0 Å². The van der Waals surface area contributed by atoms with E-state index in [-0.39, 0.29) is 30.9 Å². The van der Waals surface area contributed by atoms with Crippen LogP contribution in [0.2, 0.25) is 0 Å². The number of nitrogens with zero attached hydrogens (tertiary/aromatic N) is 1. The zero-order chi connectivity index (χ0) is 21.2. The van der Waals surface area contributed by atoms with Crippen molar-refractivity contribution < 1.29 is 28.3 Å². The zero-order valence-corrected chi connectivity index (χ0v) is 16.8. The lowest BCUT2D eigenvalue weighted by Gasteiger charge is -2.20. The molecular formula is C21H26N2O6. The predicted molar refractivity (Wildman–Crippen MR) is 105 cm³/mol. The smallest absolute Gasteiger partial charge is 0.374 e. The first-order valence-electron chi connectivity index (χ1n) is 9.39. The summed E-state index contributed by atoms with van der Waals surface area (Å²) in [4.78, 5) is 37.4. The molecule has 29 heavy (non-hydrogen) atoms. The maximum absolute atomic E-state index is 12.2. The summed E-state index contributed by atoms with van der Waals surface area (Å²) in [5.74, 6) is -0.376. The number of hydrogen-bond donors (Lipinski definition) is 1. The number of carbonyl (C=O) groups is 3. The zero-order valence-electron chi connectivity index (χ0n) is 16.8. The van der Waals surface area contributed by atoms with E-state index in [2.05, 4.69) is 5.32 Å². The molecule has 2 amide bonds. The van der Waals surface area contributed by atoms with E-state index >= 15 is 0 Å². The van der Waals surface area contributed by atoms with Crippen LogP contribution in [0, 0.1) is 0 Å². The van der Waals surface area contributed by atoms with E-state index in [1.165, 1.54) is 11.0 Å². The van der Waals surface area contributed by atoms with Gasteiger partial charge >= 0.3 is 5.97 Å². The molecular weight excluding hydrogens is 376 g/mol. The molecule has 2 aromatic rings. The molecule has 0 saturated carbocycles. The summed E-state index contributed by atoms with van der Waals surface area (Å²) in [7, 11) is 0. The number of hydrogen-bond acceptors (Lipinski definition) is 6. The van der Waals surface area contributed by atoms with Crippen LogP contribution in [0.3, 0.4) is 0 Å². The predicted octanol–water partition coefficient (Wildman–Crippen LogP) is 2.39. The highest BCUT2D eigenvalue weighted by atomic mass is 16.6. The molecule has 0 aliphatic rings. The van der Waals surface area contributed by atoms with Gasteiger partial charge in [-0.2, -0.15) is 0 Å². The third-order valence-electron chi connectivity index (χ3n) is 3.83. The van der Waals surface area contributed by atoms with Gasteiger partial charge in [-0.1, -0.05) is 18.2 Å². The molecule has 8 nitrogen and oxygen atoms in total. The highest BCUT2D eigenvalue weighted by Crippen LogP contribution is 2.14. The second kappa shape index (κ2) is 10.9. The van der Waals surface area contributed by atoms with Gasteiger partial charge in [-0.3, -0.25) is 9.59 Å². The summed E-state index contributed by atoms with van der Waals surface area (Å²) in [5.41, 5.74) is 0. The van der Waals surface area contributed by atoms with Crippen molar-refractivity contribution in [3.63, 3.8) is 0 Å². The molecule has 156 valence electrons. The van der Waals surface area contributed by atoms with Crippen molar-refractivity contribution in [2.24, 2.45) is 0 Å². The topological polar surface area (TPSA) is 98.1 Å². The van der Waals surface area contributed by atoms with Gasteiger partial charge in [0.1, 0.15) is 18.1 Å². The molecule has 1 N–H and O–H groups in total. The number of amides is 2. The first-order chi connectivity index (χ1) is 13.9. The summed E-state index contributed by atoms with van der Waals surface area (Å²) in [6.07, 6.45) is 0. The lowest BCUT2D eigenvalue weighted by atomic mass is 10.3. The summed E-state index contributed by atoms with van der Waals surface area (Å²) >= 11 is 0. The Morgan fingerprint density at radius 2 is 1.83 bits per heavy atom. The highest BCUT2D eigenvalue weighted by molar-refractivity contribution is 5.90. The number of likely N-dealkylation sites (N-methyl/N-ethyl adjacent to an activating group) is 1. The first kappa shape index (κ1) is 22.0. The Labute approximate surface area is 169 Å². The average molecular weight is 402 g/mol. The molecule has 8 heteroatoms. The lowest BCUT2D eigenvalue weighted by Crippen LogP contribution is -2.44. The largest absolute Gasteiger partial charge is 0.486 e. The number of esters is 1. The van der Waals surface area contributed by atoms with Gasteiger partial charge < -0.3 is 24.1 Å². The maximum Gasteiger partial charge on any atom is 0.374 e. The lowest BCUT2D eigenvalue weighted by molar-refractivity contribution is -0.138. The van der Waals surface area contributed by atoms with E-state index in [1.54, 1.807) is 13.0 Å². The van der Waals surface area contributed by atoms with E-state index < -0.39 is 18.5 Å². The monoisotopic (exact) mass is 402 g/mol. The molecule has 1 aromatic heterocycles. The Kier molecular flexibility index (Phi) is 8.27. The number of rotatable bonds is 10. The molecule has 0 saturated heterocycles. The van der Waals surface area contributed by atoms with Gasteiger partial charge in [-0.05, 0) is 45.0 Å². The molecule has 0 bridgehead atoms. The normalized spacial score (nSPS) is 10.5. The van der Waals surface area contributed by atoms with Crippen molar-refractivity contribution in [1.82, 2.24) is 10.2 Å². The van der Waals surface area contributed by atoms with Gasteiger partial charge in [0.15, 0.2) is 6.61 Å². The molecule has 1 aromatic carbocycles. The van der Waals surface area contributed by atoms with E-state index in [0.29, 0.717) is 18.1 Å². The molecule has 0 radical (unpaired) electrons. The average Bonchev–Trinajstić information content (AvgIpc) is 3.18. The second-order valence-electron chi connectivity index (χ2n) is 6.57. The van der Waals surface area contributed by atoms with Gasteiger partial charge in [0.2, 0.25) is 11.7 Å². The van der Waals surface area contributed by atoms with Crippen LogP contribution in [-0.2, 0) is 20.9 Å². The fraction of sp³-hybridized carbons (Fsp3) is 0.381. The van der Waals surface area contributed by atoms with Gasteiger partial charge in [0.05, 0.1) is 6.54 Å². The van der Waals surface area contributed by atoms with Crippen LogP contribution in [0.25, 0.3) is 0 Å². The Hall–Kier alpha value is -3.29. The fourth-order valence-corrected chi connectivity index (χ4v) is 2.44. The molecule has 0 atom stereocenters. The minimum atomic E-state index is -0.757. The van der Waals surface area contributed by atoms with E-state index in [4.69, 9.17) is 13.9 Å². The van der Waals surface area contributed by atoms with Gasteiger partial charge in [-0.25, -0.2) is 4.79 Å². The van der Waals surface area contributed by atoms with Crippen molar-refractivity contribution in [2.45, 2.75) is 33.4 Å². The number of furan rings is 1. The molecule has 1 heterocycles. The van der Waals surface area contributed by atoms with Crippen LogP contribution in [0.5, 0.6) is 5.75 Å². The molecule has 0 aliphatic carbocycles. The van der Waals surface area contributed by atoms with Crippen molar-refractivity contribution in [3.8, 4) is 5.75 Å². The van der Waals surface area contributed by atoms with Crippen LogP contribution >= 0.6 is 0 Å². The maximum atomic E-state index is 12.2. The number of nitrogens with one attached hydrogen (secondary N) is 1. The molecule has 0 spiro atoms. The SMILES string of the molecule is CCN(CC(=O)NC(C)C)C(=O)COC(=O)c1ccc(COc2ccccc2)o1. The van der Waals surface area contributed by atoms with Crippen molar-refractivity contribution in [1.29, 1.82) is 0 Å². The first-order valence-corrected chi connectivity index (χ1v) is 9.39. The third-order valence-corrected chi connectivity index (χ3v) is 3.83. The molecule has 0 aliphatic heterocycles. The van der Waals surface area contributed by atoms with E-state index in [0.717, 1.165) is 0 Å². The summed E-state index contributed by atoms with van der Waals surface area (Å²) < 4.78 is 16.0. The third kappa shape index (κ3) is 7.33. The summed E-state index contributed by atoms with van der Waals surface area (Å²) in [6, 6.07) is 12.3. The van der Waals surface area contributed by atoms with Crippen molar-refractivity contribution in [2.75, 3.05) is 19.7 Å². The van der Waals surface area contributed by atoms with E-state index in [9.17, 15) is 14.4 Å². The molecule has 0 unspecified atom stereocenters. The number of benzene rings is 1. The van der Waals surface area contributed by atoms with Crippen LogP contribution in [0.15, 0.2) is 46.9 Å². The highest BCUT2D eigenvalue weighted by Gasteiger charge is 2.20. The van der Waals surface area contributed by atoms with Gasteiger partial charge in [-0.15, -0.1) is 0 Å². The van der Waals surface area contributed by atoms with Crippen molar-refractivity contribution >= 4 is 17.8 Å². The minimum Gasteiger partial charge on any atom is -0.486 e. The molecule has 0 fully saturated rings. The minimum absolute atomic E-state index is 0.0202. The van der Waals surface area contributed by atoms with E-state index in [1.807, 2.05) is 44.2 Å². The quantitative estimate of drug-likeness (QED) is 0.613. The van der Waals surface area contributed by atoms with Gasteiger partial charge in [0.25, 0.3) is 5.91 Å². The van der Waals surface area contributed by atoms with Crippen LogP contribution in [0.1, 0.15) is 37.1 Å². The summed E-state index contributed by atoms with van der Waals surface area (Å²) in [6.45, 7) is 5.33. The number of para-hydroxylation sites is 1. The Morgan fingerprint density at radius 1 is 1.10 bits per heavy atom. The Balaban J connectivity index is 1.81. The summed E-state index contributed by atoms with van der Waals surface area (Å²) in [5, 5.41) is 2.71. The molecule has 2 rings (SSSR count). The number of ether oxygens (including phenoxy) is 2. The van der Waals surface area contributed by atoms with Gasteiger partial charge in [0, 0.05) is 12.6 Å². The Bertz CT molecular complexity index is 816. The standard InChI is InChI=1S/C21H26N2O6/c1-4-23(12-19(24)22-15(2)3)20(25)14-28-21(26)18-11-10-17(29-18)13-27-16-8-6-5-7-9-16/h5-11,15H,4,12-14H2,1-3H3,(H,22,24).